The van der Waals surface area contributed by atoms with Gasteiger partial charge in [-0.15, -0.1) is 10.2 Å². The van der Waals surface area contributed by atoms with Crippen LogP contribution in [0.3, 0.4) is 0 Å². The van der Waals surface area contributed by atoms with Crippen molar-refractivity contribution in [1.29, 1.82) is 0 Å². The Kier molecular flexibility index (Phi) is 4.14. The summed E-state index contributed by atoms with van der Waals surface area (Å²) in [6.07, 6.45) is 7.97. The van der Waals surface area contributed by atoms with Gasteiger partial charge < -0.3 is 5.32 Å². The molecule has 2 fully saturated rings. The zero-order chi connectivity index (χ0) is 14.2. The fraction of sp³-hybridized carbons (Fsp3) is 0.875. The first-order chi connectivity index (χ1) is 9.52. The average molecular weight is 293 g/mol. The van der Waals surface area contributed by atoms with E-state index >= 15 is 0 Å². The van der Waals surface area contributed by atoms with Gasteiger partial charge in [-0.3, -0.25) is 0 Å². The third kappa shape index (κ3) is 3.59. The molecular formula is C16H27N3S. The minimum atomic E-state index is 0.464. The maximum absolute atomic E-state index is 4.45. The summed E-state index contributed by atoms with van der Waals surface area (Å²) < 4.78 is 0. The summed E-state index contributed by atoms with van der Waals surface area (Å²) in [6.45, 7) is 8.06. The molecule has 4 heteroatoms. The van der Waals surface area contributed by atoms with E-state index in [1.165, 1.54) is 48.5 Å². The molecule has 112 valence electrons. The molecular weight excluding hydrogens is 266 g/mol. The van der Waals surface area contributed by atoms with E-state index in [1.54, 1.807) is 0 Å². The molecule has 20 heavy (non-hydrogen) atoms. The Morgan fingerprint density at radius 1 is 1.05 bits per heavy atom. The molecule has 3 rings (SSSR count). The van der Waals surface area contributed by atoms with Crippen LogP contribution in [0.4, 0.5) is 0 Å². The van der Waals surface area contributed by atoms with E-state index in [1.807, 2.05) is 11.3 Å². The lowest BCUT2D eigenvalue weighted by atomic mass is 9.70. The molecule has 3 nitrogen and oxygen atoms in total. The molecule has 1 heterocycles. The third-order valence-corrected chi connectivity index (χ3v) is 5.99. The highest BCUT2D eigenvalue weighted by Crippen LogP contribution is 2.43. The Morgan fingerprint density at radius 3 is 2.35 bits per heavy atom. The minimum absolute atomic E-state index is 0.464. The van der Waals surface area contributed by atoms with Crippen LogP contribution in [0.5, 0.6) is 0 Å². The fourth-order valence-electron chi connectivity index (χ4n) is 3.23. The average Bonchev–Trinajstić information content (AvgIpc) is 3.13. The van der Waals surface area contributed by atoms with Gasteiger partial charge in [0.25, 0.3) is 0 Å². The summed E-state index contributed by atoms with van der Waals surface area (Å²) in [4.78, 5) is 0. The number of rotatable bonds is 4. The smallest absolute Gasteiger partial charge is 0.131 e. The zero-order valence-corrected chi connectivity index (χ0v) is 13.8. The SMILES string of the molecule is CC(C)(C)C1CCC(c2nnc(CNC3CC3)s2)CC1. The van der Waals surface area contributed by atoms with Crippen LogP contribution in [-0.2, 0) is 6.54 Å². The van der Waals surface area contributed by atoms with Gasteiger partial charge in [0.05, 0.1) is 0 Å². The van der Waals surface area contributed by atoms with Crippen molar-refractivity contribution in [2.24, 2.45) is 11.3 Å². The highest BCUT2D eigenvalue weighted by Gasteiger charge is 2.31. The molecule has 2 aliphatic carbocycles. The van der Waals surface area contributed by atoms with Crippen LogP contribution in [0.25, 0.3) is 0 Å². The van der Waals surface area contributed by atoms with Crippen molar-refractivity contribution in [3.05, 3.63) is 10.0 Å². The number of hydrogen-bond acceptors (Lipinski definition) is 4. The van der Waals surface area contributed by atoms with Crippen molar-refractivity contribution in [1.82, 2.24) is 15.5 Å². The second-order valence-corrected chi connectivity index (χ2v) is 8.70. The van der Waals surface area contributed by atoms with Crippen LogP contribution in [0.1, 0.15) is 75.2 Å². The predicted molar refractivity (Wildman–Crippen MR) is 83.9 cm³/mol. The van der Waals surface area contributed by atoms with Crippen LogP contribution in [0.15, 0.2) is 0 Å². The van der Waals surface area contributed by atoms with Crippen molar-refractivity contribution in [2.45, 2.75) is 77.8 Å². The summed E-state index contributed by atoms with van der Waals surface area (Å²) >= 11 is 1.83. The fourth-order valence-corrected chi connectivity index (χ4v) is 4.19. The van der Waals surface area contributed by atoms with Crippen molar-refractivity contribution in [2.75, 3.05) is 0 Å². The van der Waals surface area contributed by atoms with Crippen molar-refractivity contribution in [3.8, 4) is 0 Å². The molecule has 0 radical (unpaired) electrons. The molecule has 0 spiro atoms. The monoisotopic (exact) mass is 293 g/mol. The van der Waals surface area contributed by atoms with Crippen LogP contribution in [-0.4, -0.2) is 16.2 Å². The molecule has 0 saturated heterocycles. The maximum Gasteiger partial charge on any atom is 0.131 e. The molecule has 0 amide bonds. The van der Waals surface area contributed by atoms with Crippen LogP contribution >= 0.6 is 11.3 Å². The van der Waals surface area contributed by atoms with E-state index in [-0.39, 0.29) is 0 Å². The maximum atomic E-state index is 4.45. The largest absolute Gasteiger partial charge is 0.308 e. The topological polar surface area (TPSA) is 37.8 Å². The van der Waals surface area contributed by atoms with Crippen molar-refractivity contribution in [3.63, 3.8) is 0 Å². The van der Waals surface area contributed by atoms with Gasteiger partial charge in [0.2, 0.25) is 0 Å². The van der Waals surface area contributed by atoms with E-state index in [4.69, 9.17) is 0 Å². The highest BCUT2D eigenvalue weighted by atomic mass is 32.1. The van der Waals surface area contributed by atoms with Crippen molar-refractivity contribution >= 4 is 11.3 Å². The first kappa shape index (κ1) is 14.5. The summed E-state index contributed by atoms with van der Waals surface area (Å²) in [5.74, 6) is 1.54. The standard InChI is InChI=1S/C16H27N3S/c1-16(2,3)12-6-4-11(5-7-12)15-19-18-14(20-15)10-17-13-8-9-13/h11-13,17H,4-10H2,1-3H3. The lowest BCUT2D eigenvalue weighted by molar-refractivity contribution is 0.169. The van der Waals surface area contributed by atoms with Gasteiger partial charge >= 0.3 is 0 Å². The van der Waals surface area contributed by atoms with E-state index in [2.05, 4.69) is 36.3 Å². The van der Waals surface area contributed by atoms with E-state index in [0.29, 0.717) is 11.3 Å². The lowest BCUT2D eigenvalue weighted by Crippen LogP contribution is -2.25. The van der Waals surface area contributed by atoms with Gasteiger partial charge in [-0.1, -0.05) is 32.1 Å². The zero-order valence-electron chi connectivity index (χ0n) is 13.0. The van der Waals surface area contributed by atoms with Gasteiger partial charge in [-0.05, 0) is 49.9 Å². The second-order valence-electron chi connectivity index (χ2n) is 7.60. The molecule has 2 aliphatic rings. The number of nitrogens with one attached hydrogen (secondary N) is 1. The molecule has 0 bridgehead atoms. The first-order valence-electron chi connectivity index (χ1n) is 8.08. The summed E-state index contributed by atoms with van der Waals surface area (Å²) in [7, 11) is 0. The van der Waals surface area contributed by atoms with Gasteiger partial charge in [0.1, 0.15) is 10.0 Å². The summed E-state index contributed by atoms with van der Waals surface area (Å²) in [6, 6.07) is 0.754. The van der Waals surface area contributed by atoms with Crippen LogP contribution < -0.4 is 5.32 Å². The molecule has 2 saturated carbocycles. The Hall–Kier alpha value is -0.480. The summed E-state index contributed by atoms with van der Waals surface area (Å²) in [5, 5.41) is 14.8. The van der Waals surface area contributed by atoms with Gasteiger partial charge in [0.15, 0.2) is 0 Å². The number of nitrogens with zero attached hydrogens (tertiary/aromatic N) is 2. The molecule has 1 N–H and O–H groups in total. The Balaban J connectivity index is 1.52. The molecule has 0 aromatic carbocycles. The first-order valence-corrected chi connectivity index (χ1v) is 8.89. The molecule has 1 aromatic heterocycles. The van der Waals surface area contributed by atoms with Crippen molar-refractivity contribution < 1.29 is 0 Å². The molecule has 0 atom stereocenters. The molecule has 1 aromatic rings. The second kappa shape index (κ2) is 5.72. The minimum Gasteiger partial charge on any atom is -0.308 e. The van der Waals surface area contributed by atoms with Gasteiger partial charge in [-0.2, -0.15) is 0 Å². The number of hydrogen-bond donors (Lipinski definition) is 1. The predicted octanol–water partition coefficient (Wildman–Crippen LogP) is 4.11. The lowest BCUT2D eigenvalue weighted by Gasteiger charge is -2.36. The van der Waals surface area contributed by atoms with E-state index in [0.717, 1.165) is 18.5 Å². The Labute approximate surface area is 126 Å². The van der Waals surface area contributed by atoms with E-state index < -0.39 is 0 Å². The Morgan fingerprint density at radius 2 is 1.75 bits per heavy atom. The molecule has 0 aliphatic heterocycles. The van der Waals surface area contributed by atoms with E-state index in [9.17, 15) is 0 Å². The summed E-state index contributed by atoms with van der Waals surface area (Å²) in [5.41, 5.74) is 0.464. The number of aromatic nitrogens is 2. The van der Waals surface area contributed by atoms with Crippen LogP contribution in [0, 0.1) is 11.3 Å². The normalized spacial score (nSPS) is 27.8. The third-order valence-electron chi connectivity index (χ3n) is 4.90. The quantitative estimate of drug-likeness (QED) is 0.908. The Bertz CT molecular complexity index is 437. The van der Waals surface area contributed by atoms with Gasteiger partial charge in [-0.25, -0.2) is 0 Å². The van der Waals surface area contributed by atoms with Crippen LogP contribution in [0.2, 0.25) is 0 Å². The molecule has 0 unspecified atom stereocenters. The highest BCUT2D eigenvalue weighted by molar-refractivity contribution is 7.11. The van der Waals surface area contributed by atoms with Gasteiger partial charge in [0, 0.05) is 18.5 Å².